The largest absolute Gasteiger partial charge is 0.468 e. The maximum atomic E-state index is 11.0. The Morgan fingerprint density at radius 3 is 2.46 bits per heavy atom. The molecule has 0 bridgehead atoms. The van der Waals surface area contributed by atoms with E-state index in [4.69, 9.17) is 11.5 Å². The number of hydrogen-bond acceptors (Lipinski definition) is 4. The zero-order valence-corrected chi connectivity index (χ0v) is 7.39. The fourth-order valence-electron chi connectivity index (χ4n) is 0.624. The van der Waals surface area contributed by atoms with Crippen molar-refractivity contribution < 1.29 is 9.53 Å². The molecule has 4 heteroatoms. The molecule has 0 aromatic heterocycles. The van der Waals surface area contributed by atoms with Gasteiger partial charge in [-0.1, -0.05) is 19.3 Å². The summed E-state index contributed by atoms with van der Waals surface area (Å²) >= 11 is 0. The third-order valence-corrected chi connectivity index (χ3v) is 1.33. The van der Waals surface area contributed by atoms with Crippen molar-refractivity contribution in [3.8, 4) is 11.8 Å². The van der Waals surface area contributed by atoms with E-state index in [1.807, 2.05) is 0 Å². The maximum absolute atomic E-state index is 11.0. The molecule has 0 radical (unpaired) electrons. The SMILES string of the molecule is C.COC(=O)C(C)(N)CC#CCN. The molecule has 4 nitrogen and oxygen atoms in total. The van der Waals surface area contributed by atoms with Crippen molar-refractivity contribution >= 4 is 5.97 Å². The van der Waals surface area contributed by atoms with Gasteiger partial charge in [0.2, 0.25) is 0 Å². The minimum atomic E-state index is -1.03. The molecule has 0 aliphatic rings. The van der Waals surface area contributed by atoms with Crippen LogP contribution in [0.1, 0.15) is 20.8 Å². The Labute approximate surface area is 79.6 Å². The van der Waals surface area contributed by atoms with Gasteiger partial charge in [0.25, 0.3) is 0 Å². The van der Waals surface area contributed by atoms with E-state index in [-0.39, 0.29) is 20.4 Å². The van der Waals surface area contributed by atoms with Gasteiger partial charge in [-0.15, -0.1) is 0 Å². The number of esters is 1. The highest BCUT2D eigenvalue weighted by molar-refractivity contribution is 5.80. The number of carbonyl (C=O) groups excluding carboxylic acids is 1. The first-order valence-electron chi connectivity index (χ1n) is 3.57. The zero-order chi connectivity index (χ0) is 9.61. The quantitative estimate of drug-likeness (QED) is 0.465. The average Bonchev–Trinajstić information content (AvgIpc) is 2.03. The topological polar surface area (TPSA) is 78.3 Å². The summed E-state index contributed by atoms with van der Waals surface area (Å²) in [5, 5.41) is 0. The molecule has 0 saturated heterocycles. The van der Waals surface area contributed by atoms with E-state index in [9.17, 15) is 4.79 Å². The molecule has 76 valence electrons. The molecule has 0 fully saturated rings. The van der Waals surface area contributed by atoms with Gasteiger partial charge in [-0.05, 0) is 6.92 Å². The Balaban J connectivity index is 0. The van der Waals surface area contributed by atoms with E-state index in [0.29, 0.717) is 0 Å². The highest BCUT2D eigenvalue weighted by atomic mass is 16.5. The van der Waals surface area contributed by atoms with E-state index in [0.717, 1.165) is 0 Å². The van der Waals surface area contributed by atoms with Crippen molar-refractivity contribution in [3.63, 3.8) is 0 Å². The average molecular weight is 186 g/mol. The van der Waals surface area contributed by atoms with Crippen LogP contribution in [0.15, 0.2) is 0 Å². The van der Waals surface area contributed by atoms with Crippen molar-refractivity contribution in [2.24, 2.45) is 11.5 Å². The monoisotopic (exact) mass is 186 g/mol. The number of ether oxygens (including phenoxy) is 1. The normalized spacial score (nSPS) is 12.9. The Hall–Kier alpha value is -1.05. The third kappa shape index (κ3) is 5.23. The van der Waals surface area contributed by atoms with Crippen molar-refractivity contribution in [2.45, 2.75) is 26.3 Å². The fraction of sp³-hybridized carbons (Fsp3) is 0.667. The maximum Gasteiger partial charge on any atom is 0.326 e. The fourth-order valence-corrected chi connectivity index (χ4v) is 0.624. The summed E-state index contributed by atoms with van der Waals surface area (Å²) in [6.45, 7) is 1.85. The molecule has 0 spiro atoms. The van der Waals surface area contributed by atoms with E-state index in [1.165, 1.54) is 7.11 Å². The molecule has 0 saturated carbocycles. The highest BCUT2D eigenvalue weighted by Crippen LogP contribution is 2.05. The van der Waals surface area contributed by atoms with E-state index < -0.39 is 11.5 Å². The van der Waals surface area contributed by atoms with Crippen LogP contribution in [0.4, 0.5) is 0 Å². The molecule has 1 unspecified atom stereocenters. The van der Waals surface area contributed by atoms with Crippen LogP contribution in [-0.4, -0.2) is 25.2 Å². The second-order valence-electron chi connectivity index (χ2n) is 2.64. The molecular formula is C9H18N2O2. The molecule has 0 aliphatic heterocycles. The second kappa shape index (κ2) is 6.46. The minimum Gasteiger partial charge on any atom is -0.468 e. The van der Waals surface area contributed by atoms with Crippen LogP contribution >= 0.6 is 0 Å². The molecule has 0 heterocycles. The summed E-state index contributed by atoms with van der Waals surface area (Å²) in [6, 6.07) is 0. The summed E-state index contributed by atoms with van der Waals surface area (Å²) in [5.74, 6) is 4.85. The lowest BCUT2D eigenvalue weighted by Gasteiger charge is -2.17. The number of nitrogens with two attached hydrogens (primary N) is 2. The summed E-state index contributed by atoms with van der Waals surface area (Å²) in [5.41, 5.74) is 9.70. The first-order chi connectivity index (χ1) is 5.54. The molecule has 0 aliphatic carbocycles. The zero-order valence-electron chi connectivity index (χ0n) is 7.39. The summed E-state index contributed by atoms with van der Waals surface area (Å²) in [4.78, 5) is 11.0. The van der Waals surface area contributed by atoms with E-state index in [2.05, 4.69) is 16.6 Å². The van der Waals surface area contributed by atoms with Crippen molar-refractivity contribution in [1.29, 1.82) is 0 Å². The molecule has 1 atom stereocenters. The number of rotatable bonds is 2. The van der Waals surface area contributed by atoms with Crippen molar-refractivity contribution in [1.82, 2.24) is 0 Å². The van der Waals surface area contributed by atoms with Crippen molar-refractivity contribution in [3.05, 3.63) is 0 Å². The van der Waals surface area contributed by atoms with Gasteiger partial charge in [0.1, 0.15) is 5.54 Å². The standard InChI is InChI=1S/C8H14N2O2.CH4/c1-8(10,7(11)12-2)5-3-4-6-9;/h5-6,9-10H2,1-2H3;1H4. The van der Waals surface area contributed by atoms with Gasteiger partial charge in [-0.25, -0.2) is 0 Å². The molecule has 0 aromatic rings. The summed E-state index contributed by atoms with van der Waals surface area (Å²) in [7, 11) is 1.30. The summed E-state index contributed by atoms with van der Waals surface area (Å²) in [6.07, 6.45) is 0.261. The van der Waals surface area contributed by atoms with Gasteiger partial charge in [-0.3, -0.25) is 4.79 Å². The summed E-state index contributed by atoms with van der Waals surface area (Å²) < 4.78 is 4.48. The first kappa shape index (κ1) is 14.5. The molecular weight excluding hydrogens is 168 g/mol. The molecule has 4 N–H and O–H groups in total. The number of carbonyl (C=O) groups is 1. The Morgan fingerprint density at radius 1 is 1.54 bits per heavy atom. The van der Waals surface area contributed by atoms with Gasteiger partial charge in [-0.2, -0.15) is 0 Å². The van der Waals surface area contributed by atoms with Crippen LogP contribution in [0.2, 0.25) is 0 Å². The lowest BCUT2D eigenvalue weighted by molar-refractivity contribution is -0.146. The third-order valence-electron chi connectivity index (χ3n) is 1.33. The second-order valence-corrected chi connectivity index (χ2v) is 2.64. The lowest BCUT2D eigenvalue weighted by Crippen LogP contribution is -2.45. The van der Waals surface area contributed by atoms with Crippen LogP contribution in [0.3, 0.4) is 0 Å². The molecule has 0 aromatic carbocycles. The van der Waals surface area contributed by atoms with E-state index >= 15 is 0 Å². The van der Waals surface area contributed by atoms with Crippen LogP contribution in [0.25, 0.3) is 0 Å². The molecule has 0 rings (SSSR count). The van der Waals surface area contributed by atoms with Gasteiger partial charge in [0.05, 0.1) is 13.7 Å². The smallest absolute Gasteiger partial charge is 0.326 e. The van der Waals surface area contributed by atoms with Gasteiger partial charge in [0.15, 0.2) is 0 Å². The van der Waals surface area contributed by atoms with Crippen LogP contribution in [0.5, 0.6) is 0 Å². The van der Waals surface area contributed by atoms with Crippen LogP contribution in [0, 0.1) is 11.8 Å². The number of hydrogen-bond donors (Lipinski definition) is 2. The highest BCUT2D eigenvalue weighted by Gasteiger charge is 2.27. The van der Waals surface area contributed by atoms with Gasteiger partial charge in [0, 0.05) is 6.42 Å². The van der Waals surface area contributed by atoms with Gasteiger partial charge < -0.3 is 16.2 Å². The molecule has 13 heavy (non-hydrogen) atoms. The first-order valence-corrected chi connectivity index (χ1v) is 3.57. The Bertz CT molecular complexity index is 213. The number of methoxy groups -OCH3 is 1. The van der Waals surface area contributed by atoms with E-state index in [1.54, 1.807) is 6.92 Å². The van der Waals surface area contributed by atoms with Crippen LogP contribution in [-0.2, 0) is 9.53 Å². The van der Waals surface area contributed by atoms with Gasteiger partial charge >= 0.3 is 5.97 Å². The lowest BCUT2D eigenvalue weighted by atomic mass is 10.0. The predicted molar refractivity (Wildman–Crippen MR) is 52.8 cm³/mol. The Kier molecular flexibility index (Phi) is 7.20. The van der Waals surface area contributed by atoms with Crippen LogP contribution < -0.4 is 11.5 Å². The van der Waals surface area contributed by atoms with Crippen molar-refractivity contribution in [2.75, 3.05) is 13.7 Å². The molecule has 0 amide bonds. The minimum absolute atomic E-state index is 0. The Morgan fingerprint density at radius 2 is 2.08 bits per heavy atom. The predicted octanol–water partition coefficient (Wildman–Crippen LogP) is -0.135.